The van der Waals surface area contributed by atoms with Crippen LogP contribution in [0.1, 0.15) is 204 Å². The summed E-state index contributed by atoms with van der Waals surface area (Å²) in [5.74, 6) is -18.3. The summed E-state index contributed by atoms with van der Waals surface area (Å²) in [7, 11) is 0. The van der Waals surface area contributed by atoms with Crippen LogP contribution in [0.5, 0.6) is 0 Å². The van der Waals surface area contributed by atoms with Crippen LogP contribution in [0.4, 0.5) is 0 Å². The number of imidazole rings is 1. The Balaban J connectivity index is 1.02. The third-order valence-corrected chi connectivity index (χ3v) is 24.2. The van der Waals surface area contributed by atoms with Gasteiger partial charge in [-0.1, -0.05) is 139 Å². The highest BCUT2D eigenvalue weighted by atomic mass is 16.5. The first-order valence-corrected chi connectivity index (χ1v) is 49.5. The zero-order valence-corrected chi connectivity index (χ0v) is 81.9. The van der Waals surface area contributed by atoms with E-state index in [1.54, 1.807) is 67.7 Å². The predicted molar refractivity (Wildman–Crippen MR) is 525 cm³/mol. The summed E-state index contributed by atoms with van der Waals surface area (Å²) in [6.07, 6.45) is 15.4. The molecule has 2 aromatic heterocycles. The minimum atomic E-state index is -2.10. The van der Waals surface area contributed by atoms with E-state index in [1.807, 2.05) is 0 Å². The van der Waals surface area contributed by atoms with Crippen molar-refractivity contribution in [2.75, 3.05) is 85.4 Å². The number of hydrazone groups is 1. The van der Waals surface area contributed by atoms with Crippen LogP contribution < -0.4 is 108 Å². The lowest BCUT2D eigenvalue weighted by atomic mass is 10.0. The number of nitrogens with one attached hydrogen (secondary N) is 20. The number of hydrazine groups is 2. The number of aromatic amines is 2. The summed E-state index contributed by atoms with van der Waals surface area (Å²) in [5.41, 5.74) is 27.2. The number of carbonyl (C=O) groups excluding carboxylic acids is 16. The van der Waals surface area contributed by atoms with Crippen molar-refractivity contribution in [3.63, 3.8) is 0 Å². The van der Waals surface area contributed by atoms with Gasteiger partial charge in [0.15, 0.2) is 5.96 Å². The van der Waals surface area contributed by atoms with Crippen LogP contribution in [0.3, 0.4) is 0 Å². The van der Waals surface area contributed by atoms with Gasteiger partial charge in [-0.15, -0.1) is 10.6 Å². The molecule has 2 aromatic carbocycles. The molecule has 30 N–H and O–H groups in total. The molecule has 3 aliphatic heterocycles. The van der Waals surface area contributed by atoms with Crippen molar-refractivity contribution in [2.45, 2.75) is 279 Å². The van der Waals surface area contributed by atoms with Gasteiger partial charge in [-0.25, -0.2) is 10.5 Å². The maximum atomic E-state index is 15.5. The Bertz CT molecular complexity index is 4900. The van der Waals surface area contributed by atoms with Crippen LogP contribution in [0.25, 0.3) is 10.9 Å². The minimum Gasteiger partial charge on any atom is -0.480 e. The predicted octanol–water partition coefficient (Wildman–Crippen LogP) is -4.48. The first-order chi connectivity index (χ1) is 69.7. The summed E-state index contributed by atoms with van der Waals surface area (Å²) < 4.78 is 10.8. The molecule has 5 heterocycles. The minimum absolute atomic E-state index is 0.0201. The number of hydrogen-bond donors (Lipinski definition) is 27. The standard InChI is InChI=1S/C94H145N27O24/c1-2-3-28-65(84(134)111-68-35-37-78(126)100-38-23-22-30-64(83(96)133)107-88(138)70(45-59-48-103-63-29-21-20-27-62(59)63)112-85(135)66(31-24-39-102-94(97)98)108-87(137)69(44-58-25-16-15-17-26-58)114-92(142)74-47-61(123)51-121(74)93(68)143)109-90(140)72(52-120(53-81(129)130)54-82(131)132)115-89(139)71(46-60-49-99-57-105-60)113-86(136)67(34-36-75(95)124)110-91(141)73(55-122)106-79(127)50-104-80(128)56-145-43-42-144-41-40-101-77(125)33-19-14-12-10-8-6-4-5-7-9-11-13-18-32-76-116-118-119-117-76/h15-17,20-21,25-27,29,48-49,57,61,64-74,103,118-119,122-123H,2-14,18-19,22-24,28,30-47,50-56H2,1H3,(H2,95,124)(H2,96,133)(H,99,105)(H,100,126)(H,101,125)(H,104,128)(H,106,127)(H,107,138)(H,108,137)(H,109,140)(H,110,141)(H,111,134)(H,112,135)(H,113,136)(H,114,142)(H,115,139)(H,116,117)(H,129,130)(H,131,132)(H4,97,98,102)/t61-,64+,65+,66+,67+,68+,69-,70+,71+,72+,73+,74+/m1/s1. The van der Waals surface area contributed by atoms with Crippen LogP contribution in [0.15, 0.2) is 78.4 Å². The second kappa shape index (κ2) is 65.3. The number of guanidine groups is 1. The molecule has 4 aromatic rings. The van der Waals surface area contributed by atoms with E-state index >= 15 is 28.8 Å². The van der Waals surface area contributed by atoms with E-state index in [-0.39, 0.29) is 109 Å². The van der Waals surface area contributed by atoms with Crippen molar-refractivity contribution in [1.29, 1.82) is 5.41 Å². The third-order valence-electron chi connectivity index (χ3n) is 24.2. The van der Waals surface area contributed by atoms with Crippen molar-refractivity contribution in [1.82, 2.24) is 116 Å². The number of ether oxygens (including phenoxy) is 2. The summed E-state index contributed by atoms with van der Waals surface area (Å²) >= 11 is 0. The molecular formula is C94H145N27O24. The largest absolute Gasteiger partial charge is 0.480 e. The SMILES string of the molecule is CCCC[C@H](NC(=O)[C@H](CN(CC(=O)O)CC(=O)O)NC(=O)[C@H](Cc1c[nH]cn1)NC(=O)[C@H](CCC(N)=O)NC(=O)[C@H](CO)NC(=O)CNC(=O)COCCOCCNC(=O)CCCCCCCCCCCCCCCC1=NNNN1)C(=O)N[C@H]1CCC(=O)NCCCC[C@@H](C(N)=O)NC(=O)[C@H](Cc2c[nH]c3ccccc23)NC(=O)[C@H](CCCNC(=N)N)NC(=O)[C@@H](Cc2ccccc2)NC(=O)[C@@H]2C[C@@H](O)CN2C1=O. The van der Waals surface area contributed by atoms with Gasteiger partial charge in [-0.2, -0.15) is 0 Å². The number of aliphatic hydroxyl groups excluding tert-OH is 2. The number of H-pyrrole nitrogens is 2. The molecule has 0 spiro atoms. The molecule has 51 nitrogen and oxygen atoms in total. The number of aromatic nitrogens is 3. The van der Waals surface area contributed by atoms with E-state index in [0.29, 0.717) is 34.9 Å². The third kappa shape index (κ3) is 45.2. The highest BCUT2D eigenvalue weighted by Gasteiger charge is 2.45. The van der Waals surface area contributed by atoms with Gasteiger partial charge in [-0.05, 0) is 81.4 Å². The summed E-state index contributed by atoms with van der Waals surface area (Å²) in [4.78, 5) is 263. The summed E-state index contributed by atoms with van der Waals surface area (Å²) in [5, 5.41) is 90.2. The molecule has 800 valence electrons. The van der Waals surface area contributed by atoms with E-state index < -0.39 is 264 Å². The van der Waals surface area contributed by atoms with Crippen molar-refractivity contribution in [2.24, 2.45) is 22.3 Å². The van der Waals surface area contributed by atoms with Crippen LogP contribution in [0, 0.1) is 5.41 Å². The number of amides is 16. The molecule has 7 rings (SSSR count). The smallest absolute Gasteiger partial charge is 0.317 e. The Morgan fingerprint density at radius 2 is 1.21 bits per heavy atom. The van der Waals surface area contributed by atoms with E-state index in [2.05, 4.69) is 111 Å². The Morgan fingerprint density at radius 3 is 1.87 bits per heavy atom. The van der Waals surface area contributed by atoms with E-state index in [1.165, 1.54) is 63.9 Å². The Labute approximate surface area is 839 Å². The van der Waals surface area contributed by atoms with Gasteiger partial charge in [0.1, 0.15) is 78.9 Å². The Hall–Kier alpha value is -14.1. The van der Waals surface area contributed by atoms with Crippen molar-refractivity contribution < 1.29 is 116 Å². The molecular weight excluding hydrogens is 1890 g/mol. The fraction of sp³-hybridized carbons (Fsp3) is 0.606. The van der Waals surface area contributed by atoms with Crippen LogP contribution in [0.2, 0.25) is 0 Å². The highest BCUT2D eigenvalue weighted by Crippen LogP contribution is 2.25. The zero-order chi connectivity index (χ0) is 105. The van der Waals surface area contributed by atoms with Crippen molar-refractivity contribution in [3.8, 4) is 0 Å². The van der Waals surface area contributed by atoms with Gasteiger partial charge >= 0.3 is 11.9 Å². The van der Waals surface area contributed by atoms with Gasteiger partial charge in [0.25, 0.3) is 0 Å². The van der Waals surface area contributed by atoms with Crippen LogP contribution in [-0.2, 0) is 115 Å². The number of primary amides is 2. The van der Waals surface area contributed by atoms with Crippen LogP contribution in [-0.4, -0.2) is 321 Å². The number of amidine groups is 1. The molecule has 16 amide bonds. The number of carbonyl (C=O) groups is 18. The number of fused-ring (bicyclic) bond motifs is 2. The average Bonchev–Trinajstić information content (AvgIpc) is 1.67. The molecule has 0 radical (unpaired) electrons. The lowest BCUT2D eigenvalue weighted by molar-refractivity contribution is -0.144. The fourth-order valence-electron chi connectivity index (χ4n) is 16.5. The summed E-state index contributed by atoms with van der Waals surface area (Å²) in [6.45, 7) is -4.04. The van der Waals surface area contributed by atoms with Gasteiger partial charge in [0.2, 0.25) is 94.5 Å². The zero-order valence-electron chi connectivity index (χ0n) is 81.9. The monoisotopic (exact) mass is 2040 g/mol. The molecule has 3 aliphatic rings. The molecule has 0 aliphatic carbocycles. The topological polar surface area (TPSA) is 776 Å². The molecule has 12 atom stereocenters. The number of benzene rings is 2. The van der Waals surface area contributed by atoms with Gasteiger partial charge < -0.3 is 136 Å². The average molecular weight is 2040 g/mol. The first kappa shape index (κ1) is 118. The second-order valence-electron chi connectivity index (χ2n) is 35.9. The molecule has 0 unspecified atom stereocenters. The molecule has 0 bridgehead atoms. The number of para-hydroxylation sites is 1. The Morgan fingerprint density at radius 1 is 0.600 bits per heavy atom. The lowest BCUT2D eigenvalue weighted by Gasteiger charge is -2.31. The highest BCUT2D eigenvalue weighted by molar-refractivity contribution is 6.01. The van der Waals surface area contributed by atoms with Crippen molar-refractivity contribution in [3.05, 3.63) is 90.1 Å². The maximum Gasteiger partial charge on any atom is 0.317 e. The number of carboxylic acids is 2. The molecule has 0 saturated carbocycles. The number of nitrogens with two attached hydrogens (primary N) is 3. The lowest BCUT2D eigenvalue weighted by Crippen LogP contribution is -2.62. The normalized spacial score (nSPS) is 18.7. The van der Waals surface area contributed by atoms with E-state index in [9.17, 15) is 78.0 Å². The van der Waals surface area contributed by atoms with Gasteiger partial charge in [-0.3, -0.25) is 102 Å². The van der Waals surface area contributed by atoms with Gasteiger partial charge in [0, 0.05) is 107 Å². The van der Waals surface area contributed by atoms with Crippen LogP contribution >= 0.6 is 0 Å². The summed E-state index contributed by atoms with van der Waals surface area (Å²) in [6, 6.07) is -3.39. The number of rotatable bonds is 61. The Kier molecular flexibility index (Phi) is 53.1. The molecule has 51 heteroatoms. The first-order valence-electron chi connectivity index (χ1n) is 49.5. The number of aliphatic hydroxyl groups is 2. The quantitative estimate of drug-likeness (QED) is 0.0113. The van der Waals surface area contributed by atoms with E-state index in [0.717, 1.165) is 54.2 Å². The van der Waals surface area contributed by atoms with Gasteiger partial charge in [0.05, 0.1) is 64.2 Å². The molecule has 145 heavy (non-hydrogen) atoms. The fourth-order valence-corrected chi connectivity index (χ4v) is 16.5. The number of nitrogens with zero attached hydrogens (tertiary/aromatic N) is 4. The number of aliphatic carboxylic acids is 2. The molecule has 2 saturated heterocycles. The number of unbranched alkanes of at least 4 members (excludes halogenated alkanes) is 13. The number of hydrogen-bond acceptors (Lipinski definition) is 29. The maximum absolute atomic E-state index is 15.5. The number of carboxylic acid groups (broad SMARTS) is 2. The second-order valence-corrected chi connectivity index (χ2v) is 35.9. The van der Waals surface area contributed by atoms with Crippen molar-refractivity contribution >= 4 is 129 Å². The molecule has 2 fully saturated rings. The van der Waals surface area contributed by atoms with E-state index in [4.69, 9.17) is 32.1 Å².